The van der Waals surface area contributed by atoms with E-state index in [1.165, 1.54) is 43.2 Å². The third kappa shape index (κ3) is 5.36. The summed E-state index contributed by atoms with van der Waals surface area (Å²) in [6.07, 6.45) is 14.6. The first-order valence-corrected chi connectivity index (χ1v) is 9.61. The topological polar surface area (TPSA) is 46.8 Å². The Balaban J connectivity index is 1.63. The van der Waals surface area contributed by atoms with Gasteiger partial charge in [-0.2, -0.15) is 5.10 Å². The lowest BCUT2D eigenvalue weighted by Gasteiger charge is -2.24. The first-order valence-electron chi connectivity index (χ1n) is 9.61. The van der Waals surface area contributed by atoms with Crippen molar-refractivity contribution in [3.05, 3.63) is 41.7 Å². The van der Waals surface area contributed by atoms with Gasteiger partial charge in [0.05, 0.1) is 6.20 Å². The molecule has 0 N–H and O–H groups in total. The second-order valence-electron chi connectivity index (χ2n) is 7.87. The molecular formula is C20H31N5. The lowest BCUT2D eigenvalue weighted by atomic mass is 9.89. The van der Waals surface area contributed by atoms with Crippen LogP contribution in [0.3, 0.4) is 0 Å². The van der Waals surface area contributed by atoms with Crippen molar-refractivity contribution in [3.63, 3.8) is 0 Å². The third-order valence-electron chi connectivity index (χ3n) is 4.89. The van der Waals surface area contributed by atoms with Crippen molar-refractivity contribution in [2.75, 3.05) is 6.54 Å². The van der Waals surface area contributed by atoms with Crippen molar-refractivity contribution in [1.29, 1.82) is 0 Å². The van der Waals surface area contributed by atoms with Crippen molar-refractivity contribution in [2.45, 2.75) is 65.0 Å². The maximum Gasteiger partial charge on any atom is 0.131 e. The zero-order valence-electron chi connectivity index (χ0n) is 15.9. The normalized spacial score (nSPS) is 16.0. The molecule has 2 heterocycles. The number of hydrogen-bond acceptors (Lipinski definition) is 4. The number of rotatable bonds is 7. The average molecular weight is 342 g/mol. The Morgan fingerprint density at radius 1 is 1.04 bits per heavy atom. The van der Waals surface area contributed by atoms with Crippen LogP contribution in [0.15, 0.2) is 24.8 Å². The van der Waals surface area contributed by atoms with Gasteiger partial charge in [-0.25, -0.2) is 9.97 Å². The maximum absolute atomic E-state index is 4.69. The van der Waals surface area contributed by atoms with Crippen LogP contribution in [0.4, 0.5) is 0 Å². The second kappa shape index (κ2) is 8.56. The number of aromatic nitrogens is 4. The van der Waals surface area contributed by atoms with Crippen LogP contribution in [0, 0.1) is 5.92 Å². The molecule has 0 unspecified atom stereocenters. The minimum absolute atomic E-state index is 0.574. The van der Waals surface area contributed by atoms with Gasteiger partial charge in [0, 0.05) is 62.3 Å². The molecule has 0 bridgehead atoms. The van der Waals surface area contributed by atoms with Gasteiger partial charge in [0.1, 0.15) is 5.82 Å². The molecule has 1 saturated carbocycles. The van der Waals surface area contributed by atoms with Gasteiger partial charge in [-0.05, 0) is 18.8 Å². The summed E-state index contributed by atoms with van der Waals surface area (Å²) in [7, 11) is 1.97. The van der Waals surface area contributed by atoms with E-state index in [9.17, 15) is 0 Å². The van der Waals surface area contributed by atoms with E-state index in [-0.39, 0.29) is 0 Å². The lowest BCUT2D eigenvalue weighted by Crippen LogP contribution is -2.27. The molecule has 0 aromatic carbocycles. The van der Waals surface area contributed by atoms with E-state index >= 15 is 0 Å². The monoisotopic (exact) mass is 341 g/mol. The van der Waals surface area contributed by atoms with Crippen LogP contribution in [0.1, 0.15) is 68.8 Å². The summed E-state index contributed by atoms with van der Waals surface area (Å²) in [5.74, 6) is 2.25. The Morgan fingerprint density at radius 2 is 1.72 bits per heavy atom. The molecule has 0 radical (unpaired) electrons. The summed E-state index contributed by atoms with van der Waals surface area (Å²) in [4.78, 5) is 11.8. The zero-order chi connectivity index (χ0) is 17.6. The summed E-state index contributed by atoms with van der Waals surface area (Å²) in [6.45, 7) is 7.38. The molecule has 5 heteroatoms. The number of nitrogens with zero attached hydrogens (tertiary/aromatic N) is 5. The highest BCUT2D eigenvalue weighted by atomic mass is 15.2. The van der Waals surface area contributed by atoms with Crippen LogP contribution in [-0.2, 0) is 20.1 Å². The molecule has 5 nitrogen and oxygen atoms in total. The van der Waals surface area contributed by atoms with E-state index in [4.69, 9.17) is 9.97 Å². The summed E-state index contributed by atoms with van der Waals surface area (Å²) in [5.41, 5.74) is 2.45. The van der Waals surface area contributed by atoms with Gasteiger partial charge in [-0.3, -0.25) is 9.58 Å². The number of hydrogen-bond donors (Lipinski definition) is 0. The van der Waals surface area contributed by atoms with Gasteiger partial charge in [0.25, 0.3) is 0 Å². The van der Waals surface area contributed by atoms with Crippen LogP contribution in [0.2, 0.25) is 0 Å². The van der Waals surface area contributed by atoms with E-state index in [0.717, 1.165) is 25.5 Å². The number of aryl methyl sites for hydroxylation is 1. The summed E-state index contributed by atoms with van der Waals surface area (Å²) < 4.78 is 1.87. The molecule has 2 aromatic rings. The maximum atomic E-state index is 4.69. The first-order chi connectivity index (χ1) is 12.1. The molecule has 0 atom stereocenters. The van der Waals surface area contributed by atoms with Crippen LogP contribution in [0.25, 0.3) is 0 Å². The highest BCUT2D eigenvalue weighted by Gasteiger charge is 2.18. The first kappa shape index (κ1) is 18.1. The standard InChI is InChI=1S/C20H31N5/c1-16(2)12-25(15-18-11-23-24(3)13-18)14-17-9-21-20(22-10-17)19-7-5-4-6-8-19/h9-11,13,16,19H,4-8,12,14-15H2,1-3H3. The molecule has 2 aromatic heterocycles. The summed E-state index contributed by atoms with van der Waals surface area (Å²) >= 11 is 0. The molecular weight excluding hydrogens is 310 g/mol. The highest BCUT2D eigenvalue weighted by molar-refractivity contribution is 5.09. The van der Waals surface area contributed by atoms with Crippen molar-refractivity contribution in [1.82, 2.24) is 24.6 Å². The average Bonchev–Trinajstić information content (AvgIpc) is 3.00. The SMILES string of the molecule is CC(C)CN(Cc1cnc(C2CCCCC2)nc1)Cc1cnn(C)c1. The minimum atomic E-state index is 0.574. The predicted octanol–water partition coefficient (Wildman–Crippen LogP) is 3.92. The molecule has 0 spiro atoms. The molecule has 0 amide bonds. The predicted molar refractivity (Wildman–Crippen MR) is 100 cm³/mol. The van der Waals surface area contributed by atoms with E-state index in [1.807, 2.05) is 30.3 Å². The quantitative estimate of drug-likeness (QED) is 0.766. The van der Waals surface area contributed by atoms with Gasteiger partial charge in [-0.1, -0.05) is 33.1 Å². The largest absolute Gasteiger partial charge is 0.294 e. The molecule has 25 heavy (non-hydrogen) atoms. The zero-order valence-corrected chi connectivity index (χ0v) is 15.9. The van der Waals surface area contributed by atoms with E-state index < -0.39 is 0 Å². The Bertz CT molecular complexity index is 640. The molecule has 136 valence electrons. The van der Waals surface area contributed by atoms with E-state index in [1.54, 1.807) is 0 Å². The summed E-state index contributed by atoms with van der Waals surface area (Å²) in [5, 5.41) is 4.28. The minimum Gasteiger partial charge on any atom is -0.294 e. The molecule has 1 aliphatic carbocycles. The second-order valence-corrected chi connectivity index (χ2v) is 7.87. The van der Waals surface area contributed by atoms with Gasteiger partial charge in [-0.15, -0.1) is 0 Å². The van der Waals surface area contributed by atoms with Crippen LogP contribution >= 0.6 is 0 Å². The van der Waals surface area contributed by atoms with Gasteiger partial charge >= 0.3 is 0 Å². The van der Waals surface area contributed by atoms with E-state index in [0.29, 0.717) is 11.8 Å². The lowest BCUT2D eigenvalue weighted by molar-refractivity contribution is 0.227. The fourth-order valence-electron chi connectivity index (χ4n) is 3.79. The molecule has 1 aliphatic rings. The smallest absolute Gasteiger partial charge is 0.131 e. The van der Waals surface area contributed by atoms with Crippen molar-refractivity contribution in [2.24, 2.45) is 13.0 Å². The van der Waals surface area contributed by atoms with Crippen LogP contribution < -0.4 is 0 Å². The van der Waals surface area contributed by atoms with Gasteiger partial charge in [0.2, 0.25) is 0 Å². The Morgan fingerprint density at radius 3 is 2.32 bits per heavy atom. The fraction of sp³-hybridized carbons (Fsp3) is 0.650. The Labute approximate surface area is 151 Å². The van der Waals surface area contributed by atoms with Gasteiger partial charge in [0.15, 0.2) is 0 Å². The molecule has 0 aliphatic heterocycles. The highest BCUT2D eigenvalue weighted by Crippen LogP contribution is 2.30. The Hall–Kier alpha value is -1.75. The molecule has 3 rings (SSSR count). The Kier molecular flexibility index (Phi) is 6.19. The molecule has 1 fully saturated rings. The fourth-order valence-corrected chi connectivity index (χ4v) is 3.79. The van der Waals surface area contributed by atoms with Crippen molar-refractivity contribution >= 4 is 0 Å². The molecule has 0 saturated heterocycles. The van der Waals surface area contributed by atoms with Crippen LogP contribution in [0.5, 0.6) is 0 Å². The van der Waals surface area contributed by atoms with E-state index in [2.05, 4.69) is 30.0 Å². The third-order valence-corrected chi connectivity index (χ3v) is 4.89. The summed E-state index contributed by atoms with van der Waals surface area (Å²) in [6, 6.07) is 0. The van der Waals surface area contributed by atoms with Gasteiger partial charge < -0.3 is 0 Å². The van der Waals surface area contributed by atoms with Crippen LogP contribution in [-0.4, -0.2) is 31.2 Å². The van der Waals surface area contributed by atoms with Crippen molar-refractivity contribution in [3.8, 4) is 0 Å². The van der Waals surface area contributed by atoms with Crippen molar-refractivity contribution < 1.29 is 0 Å².